The van der Waals surface area contributed by atoms with Crippen LogP contribution < -0.4 is 4.74 Å². The third-order valence-corrected chi connectivity index (χ3v) is 3.75. The van der Waals surface area contributed by atoms with Gasteiger partial charge in [-0.2, -0.15) is 0 Å². The highest BCUT2D eigenvalue weighted by Crippen LogP contribution is 2.38. The van der Waals surface area contributed by atoms with E-state index in [9.17, 15) is 0 Å². The van der Waals surface area contributed by atoms with Crippen molar-refractivity contribution in [3.63, 3.8) is 0 Å². The minimum Gasteiger partial charge on any atom is -0.491 e. The average molecular weight is 292 g/mol. The Labute approximate surface area is 130 Å². The van der Waals surface area contributed by atoms with Crippen LogP contribution in [0.25, 0.3) is 0 Å². The highest BCUT2D eigenvalue weighted by atomic mass is 16.5. The molecule has 0 amide bonds. The van der Waals surface area contributed by atoms with E-state index in [4.69, 9.17) is 9.47 Å². The monoisotopic (exact) mass is 292 g/mol. The third-order valence-electron chi connectivity index (χ3n) is 3.75. The molecule has 2 nitrogen and oxygen atoms in total. The number of rotatable bonds is 6. The molecular weight excluding hydrogens is 260 g/mol. The number of ether oxygens (including phenoxy) is 2. The van der Waals surface area contributed by atoms with Gasteiger partial charge < -0.3 is 9.47 Å². The largest absolute Gasteiger partial charge is 0.491 e. The summed E-state index contributed by atoms with van der Waals surface area (Å²) in [7, 11) is 1.70. The van der Waals surface area contributed by atoms with Gasteiger partial charge in [0.2, 0.25) is 0 Å². The fourth-order valence-electron chi connectivity index (χ4n) is 3.22. The molecule has 0 saturated carbocycles. The summed E-state index contributed by atoms with van der Waals surface area (Å²) >= 11 is 0. The molecule has 0 atom stereocenters. The molecular formula is C19H32O2. The Kier molecular flexibility index (Phi) is 5.86. The van der Waals surface area contributed by atoms with Gasteiger partial charge in [-0.15, -0.1) is 0 Å². The van der Waals surface area contributed by atoms with Gasteiger partial charge in [-0.1, -0.05) is 46.8 Å². The molecule has 0 aliphatic carbocycles. The van der Waals surface area contributed by atoms with Gasteiger partial charge in [0.05, 0.1) is 6.61 Å². The lowest BCUT2D eigenvalue weighted by atomic mass is 9.72. The highest BCUT2D eigenvalue weighted by Gasteiger charge is 2.28. The average Bonchev–Trinajstić information content (AvgIpc) is 2.29. The van der Waals surface area contributed by atoms with Gasteiger partial charge in [-0.05, 0) is 47.8 Å². The number of hydrogen-bond donors (Lipinski definition) is 0. The van der Waals surface area contributed by atoms with Crippen LogP contribution >= 0.6 is 0 Å². The molecule has 1 aromatic carbocycles. The van der Waals surface area contributed by atoms with Gasteiger partial charge in [0.15, 0.2) is 0 Å². The van der Waals surface area contributed by atoms with Crippen molar-refractivity contribution in [1.29, 1.82) is 0 Å². The van der Waals surface area contributed by atoms with Crippen LogP contribution in [0.1, 0.15) is 57.7 Å². The van der Waals surface area contributed by atoms with Crippen LogP contribution in [0.3, 0.4) is 0 Å². The second-order valence-corrected chi connectivity index (χ2v) is 7.90. The second-order valence-electron chi connectivity index (χ2n) is 7.90. The van der Waals surface area contributed by atoms with Crippen molar-refractivity contribution >= 4 is 0 Å². The first-order valence-corrected chi connectivity index (χ1v) is 7.80. The zero-order valence-corrected chi connectivity index (χ0v) is 15.1. The van der Waals surface area contributed by atoms with Gasteiger partial charge in [0, 0.05) is 7.11 Å². The summed E-state index contributed by atoms with van der Waals surface area (Å²) in [5.74, 6) is 1.00. The molecule has 0 N–H and O–H groups in total. The summed E-state index contributed by atoms with van der Waals surface area (Å²) in [5, 5.41) is 0. The van der Waals surface area contributed by atoms with E-state index in [2.05, 4.69) is 60.6 Å². The van der Waals surface area contributed by atoms with E-state index in [0.29, 0.717) is 18.6 Å². The van der Waals surface area contributed by atoms with Crippen LogP contribution in [0.4, 0.5) is 0 Å². The van der Waals surface area contributed by atoms with E-state index in [1.165, 1.54) is 16.7 Å². The maximum absolute atomic E-state index is 5.85. The molecule has 0 saturated heterocycles. The van der Waals surface area contributed by atoms with Gasteiger partial charge >= 0.3 is 0 Å². The van der Waals surface area contributed by atoms with Crippen molar-refractivity contribution in [3.05, 3.63) is 28.8 Å². The molecule has 0 unspecified atom stereocenters. The maximum Gasteiger partial charge on any atom is 0.125 e. The van der Waals surface area contributed by atoms with E-state index in [1.54, 1.807) is 7.11 Å². The van der Waals surface area contributed by atoms with Gasteiger partial charge in [0.25, 0.3) is 0 Å². The van der Waals surface area contributed by atoms with Crippen LogP contribution in [-0.2, 0) is 10.2 Å². The molecule has 1 rings (SSSR count). The molecule has 0 radical (unpaired) electrons. The molecule has 120 valence electrons. The lowest BCUT2D eigenvalue weighted by Gasteiger charge is -2.33. The van der Waals surface area contributed by atoms with Crippen molar-refractivity contribution in [2.75, 3.05) is 20.3 Å². The standard InChI is InChI=1S/C19H32O2/c1-14-11-16(19(6,7)13-18(3,4)5)12-15(2)17(14)21-10-9-20-8/h11-12H,9-10,13H2,1-8H3. The number of hydrogen-bond acceptors (Lipinski definition) is 2. The smallest absolute Gasteiger partial charge is 0.125 e. The van der Waals surface area contributed by atoms with Crippen LogP contribution in [-0.4, -0.2) is 20.3 Å². The predicted octanol–water partition coefficient (Wildman–Crippen LogP) is 5.04. The first-order valence-electron chi connectivity index (χ1n) is 7.80. The first-order chi connectivity index (χ1) is 9.57. The molecule has 2 heteroatoms. The third kappa shape index (κ3) is 5.35. The van der Waals surface area contributed by atoms with Crippen molar-refractivity contribution in [2.45, 2.75) is 60.3 Å². The Bertz CT molecular complexity index is 444. The fourth-order valence-corrected chi connectivity index (χ4v) is 3.22. The molecule has 0 spiro atoms. The lowest BCUT2D eigenvalue weighted by Crippen LogP contribution is -2.25. The van der Waals surface area contributed by atoms with E-state index in [1.807, 2.05) is 0 Å². The molecule has 0 aliphatic rings. The Morgan fingerprint density at radius 3 is 1.86 bits per heavy atom. The maximum atomic E-state index is 5.85. The zero-order valence-electron chi connectivity index (χ0n) is 15.1. The van der Waals surface area contributed by atoms with E-state index in [0.717, 1.165) is 12.2 Å². The molecule has 0 bridgehead atoms. The summed E-state index contributed by atoms with van der Waals surface area (Å²) in [6.45, 7) is 17.1. The quantitative estimate of drug-likeness (QED) is 0.684. The van der Waals surface area contributed by atoms with Crippen molar-refractivity contribution in [2.24, 2.45) is 5.41 Å². The van der Waals surface area contributed by atoms with Gasteiger partial charge in [-0.25, -0.2) is 0 Å². The minimum absolute atomic E-state index is 0.166. The molecule has 1 aromatic rings. The SMILES string of the molecule is COCCOc1c(C)cc(C(C)(C)CC(C)(C)C)cc1C. The molecule has 0 aliphatic heterocycles. The number of methoxy groups -OCH3 is 1. The number of aryl methyl sites for hydroxylation is 2. The molecule has 0 heterocycles. The summed E-state index contributed by atoms with van der Waals surface area (Å²) in [5.41, 5.74) is 4.30. The van der Waals surface area contributed by atoms with Crippen molar-refractivity contribution < 1.29 is 9.47 Å². The Morgan fingerprint density at radius 2 is 1.43 bits per heavy atom. The van der Waals surface area contributed by atoms with Gasteiger partial charge in [-0.3, -0.25) is 0 Å². The first kappa shape index (κ1) is 18.0. The fraction of sp³-hybridized carbons (Fsp3) is 0.684. The zero-order chi connectivity index (χ0) is 16.3. The van der Waals surface area contributed by atoms with Gasteiger partial charge in [0.1, 0.15) is 12.4 Å². The number of benzene rings is 1. The van der Waals surface area contributed by atoms with Crippen LogP contribution in [0, 0.1) is 19.3 Å². The van der Waals surface area contributed by atoms with E-state index < -0.39 is 0 Å². The Hall–Kier alpha value is -1.02. The van der Waals surface area contributed by atoms with Crippen molar-refractivity contribution in [3.8, 4) is 5.75 Å². The van der Waals surface area contributed by atoms with E-state index >= 15 is 0 Å². The van der Waals surface area contributed by atoms with Crippen LogP contribution in [0.5, 0.6) is 5.75 Å². The van der Waals surface area contributed by atoms with Crippen molar-refractivity contribution in [1.82, 2.24) is 0 Å². The lowest BCUT2D eigenvalue weighted by molar-refractivity contribution is 0.145. The Morgan fingerprint density at radius 1 is 0.905 bits per heavy atom. The predicted molar refractivity (Wildman–Crippen MR) is 90.4 cm³/mol. The summed E-state index contributed by atoms with van der Waals surface area (Å²) < 4.78 is 10.9. The minimum atomic E-state index is 0.166. The van der Waals surface area contributed by atoms with Crippen LogP contribution in [0.2, 0.25) is 0 Å². The summed E-state index contributed by atoms with van der Waals surface area (Å²) in [4.78, 5) is 0. The molecule has 21 heavy (non-hydrogen) atoms. The van der Waals surface area contributed by atoms with E-state index in [-0.39, 0.29) is 5.41 Å². The normalized spacial score (nSPS) is 12.6. The van der Waals surface area contributed by atoms with Crippen LogP contribution in [0.15, 0.2) is 12.1 Å². The molecule has 0 aromatic heterocycles. The molecule has 0 fully saturated rings. The topological polar surface area (TPSA) is 18.5 Å². The Balaban J connectivity index is 3.02. The second kappa shape index (κ2) is 6.83. The summed E-state index contributed by atoms with van der Waals surface area (Å²) in [6, 6.07) is 4.56. The summed E-state index contributed by atoms with van der Waals surface area (Å²) in [6.07, 6.45) is 1.16. The highest BCUT2D eigenvalue weighted by molar-refractivity contribution is 5.45.